The highest BCUT2D eigenvalue weighted by Crippen LogP contribution is 2.38. The summed E-state index contributed by atoms with van der Waals surface area (Å²) in [5.74, 6) is -0.850. The summed E-state index contributed by atoms with van der Waals surface area (Å²) < 4.78 is 67.6. The minimum atomic E-state index is -4.70. The highest BCUT2D eigenvalue weighted by atomic mass is 35.5. The summed E-state index contributed by atoms with van der Waals surface area (Å²) in [6.45, 7) is 1.44. The number of aromatic nitrogens is 3. The van der Waals surface area contributed by atoms with E-state index in [9.17, 15) is 21.6 Å². The first-order chi connectivity index (χ1) is 10.5. The molecule has 0 unspecified atom stereocenters. The minimum Gasteiger partial charge on any atom is -0.481 e. The van der Waals surface area contributed by atoms with E-state index >= 15 is 0 Å². The Kier molecular flexibility index (Phi) is 4.33. The molecule has 0 N–H and O–H groups in total. The van der Waals surface area contributed by atoms with Crippen LogP contribution < -0.4 is 4.74 Å². The van der Waals surface area contributed by atoms with Gasteiger partial charge in [-0.3, -0.25) is 0 Å². The molecule has 2 heterocycles. The van der Waals surface area contributed by atoms with Crippen molar-refractivity contribution < 1.29 is 26.3 Å². The molecule has 0 saturated heterocycles. The molecule has 126 valence electrons. The van der Waals surface area contributed by atoms with Crippen LogP contribution in [0.1, 0.15) is 11.3 Å². The molecule has 0 bridgehead atoms. The largest absolute Gasteiger partial charge is 0.481 e. The zero-order chi connectivity index (χ0) is 17.6. The Bertz CT molecular complexity index is 862. The third-order valence-corrected chi connectivity index (χ3v) is 4.46. The van der Waals surface area contributed by atoms with Gasteiger partial charge in [0.1, 0.15) is 10.5 Å². The second-order valence-corrected chi connectivity index (χ2v) is 7.02. The first-order valence-corrected chi connectivity index (χ1v) is 8.30. The number of sulfone groups is 1. The maximum absolute atomic E-state index is 12.9. The Morgan fingerprint density at radius 3 is 2.39 bits per heavy atom. The number of hydrogen-bond donors (Lipinski definition) is 0. The van der Waals surface area contributed by atoms with Gasteiger partial charge in [0.15, 0.2) is 15.7 Å². The van der Waals surface area contributed by atoms with Crippen molar-refractivity contribution in [3.8, 4) is 11.7 Å². The van der Waals surface area contributed by atoms with Crippen molar-refractivity contribution in [3.05, 3.63) is 28.5 Å². The van der Waals surface area contributed by atoms with E-state index in [1.54, 1.807) is 0 Å². The third-order valence-electron chi connectivity index (χ3n) is 2.99. The van der Waals surface area contributed by atoms with Gasteiger partial charge in [0.05, 0.1) is 24.0 Å². The number of nitrogens with zero attached hydrogens (tertiary/aromatic N) is 3. The zero-order valence-electron chi connectivity index (χ0n) is 12.1. The van der Waals surface area contributed by atoms with Crippen molar-refractivity contribution in [3.63, 3.8) is 0 Å². The molecule has 0 spiro atoms. The molecule has 0 radical (unpaired) electrons. The summed E-state index contributed by atoms with van der Waals surface area (Å²) in [7, 11) is -2.51. The van der Waals surface area contributed by atoms with Crippen LogP contribution in [0.15, 0.2) is 17.2 Å². The molecule has 0 aromatic carbocycles. The van der Waals surface area contributed by atoms with Gasteiger partial charge in [-0.25, -0.2) is 13.1 Å². The molecule has 23 heavy (non-hydrogen) atoms. The standard InChI is InChI=1S/C12H11ClF3N3O3S/c1-6-9(23(3,20)21)5-17-19(6)10-8(13)4-7(12(14,15)16)11(18-10)22-2/h4-5H,1-3H3. The van der Waals surface area contributed by atoms with Crippen LogP contribution >= 0.6 is 11.6 Å². The fourth-order valence-corrected chi connectivity index (χ4v) is 3.04. The Hall–Kier alpha value is -1.81. The van der Waals surface area contributed by atoms with Crippen molar-refractivity contribution in [2.75, 3.05) is 13.4 Å². The van der Waals surface area contributed by atoms with Crippen LogP contribution in [0.2, 0.25) is 5.02 Å². The maximum Gasteiger partial charge on any atom is 0.421 e. The van der Waals surface area contributed by atoms with E-state index in [4.69, 9.17) is 11.6 Å². The van der Waals surface area contributed by atoms with Gasteiger partial charge >= 0.3 is 6.18 Å². The molecule has 0 amide bonds. The molecule has 2 rings (SSSR count). The molecule has 0 aliphatic heterocycles. The zero-order valence-corrected chi connectivity index (χ0v) is 13.7. The summed E-state index contributed by atoms with van der Waals surface area (Å²) in [6, 6.07) is 0.657. The van der Waals surface area contributed by atoms with Crippen LogP contribution in [-0.4, -0.2) is 36.5 Å². The molecule has 0 atom stereocenters. The van der Waals surface area contributed by atoms with Gasteiger partial charge in [0, 0.05) is 6.26 Å². The van der Waals surface area contributed by atoms with Crippen LogP contribution in [0.3, 0.4) is 0 Å². The first kappa shape index (κ1) is 17.5. The molecule has 6 nitrogen and oxygen atoms in total. The highest BCUT2D eigenvalue weighted by Gasteiger charge is 2.36. The van der Waals surface area contributed by atoms with E-state index in [0.717, 1.165) is 24.2 Å². The summed E-state index contributed by atoms with van der Waals surface area (Å²) in [6.07, 6.45) is -2.63. The third kappa shape index (κ3) is 3.27. The molecule has 0 fully saturated rings. The predicted molar refractivity (Wildman–Crippen MR) is 75.8 cm³/mol. The lowest BCUT2D eigenvalue weighted by Gasteiger charge is -2.14. The van der Waals surface area contributed by atoms with Crippen LogP contribution in [0.25, 0.3) is 5.82 Å². The lowest BCUT2D eigenvalue weighted by Crippen LogP contribution is -2.12. The van der Waals surface area contributed by atoms with Gasteiger partial charge in [-0.1, -0.05) is 11.6 Å². The van der Waals surface area contributed by atoms with E-state index in [2.05, 4.69) is 14.8 Å². The number of methoxy groups -OCH3 is 1. The number of rotatable bonds is 3. The lowest BCUT2D eigenvalue weighted by molar-refractivity contribution is -0.139. The average Bonchev–Trinajstić information content (AvgIpc) is 2.79. The average molecular weight is 370 g/mol. The number of halogens is 4. The summed E-state index contributed by atoms with van der Waals surface area (Å²) in [5.41, 5.74) is -0.967. The van der Waals surface area contributed by atoms with Gasteiger partial charge in [-0.15, -0.1) is 0 Å². The number of ether oxygens (including phenoxy) is 1. The number of alkyl halides is 3. The molecule has 2 aromatic heterocycles. The smallest absolute Gasteiger partial charge is 0.421 e. The fraction of sp³-hybridized carbons (Fsp3) is 0.333. The molecular formula is C12H11ClF3N3O3S. The summed E-state index contributed by atoms with van der Waals surface area (Å²) in [5, 5.41) is 3.49. The predicted octanol–water partition coefficient (Wildman–Crippen LogP) is 2.66. The van der Waals surface area contributed by atoms with E-state index in [1.807, 2.05) is 0 Å². The van der Waals surface area contributed by atoms with Gasteiger partial charge in [-0.05, 0) is 13.0 Å². The van der Waals surface area contributed by atoms with Gasteiger partial charge in [0.25, 0.3) is 0 Å². The molecular weight excluding hydrogens is 359 g/mol. The normalized spacial score (nSPS) is 12.5. The molecule has 0 aliphatic carbocycles. The second kappa shape index (κ2) is 5.68. The van der Waals surface area contributed by atoms with Gasteiger partial charge < -0.3 is 4.74 Å². The van der Waals surface area contributed by atoms with Crippen molar-refractivity contribution in [2.24, 2.45) is 0 Å². The van der Waals surface area contributed by atoms with Crippen LogP contribution in [-0.2, 0) is 16.0 Å². The Balaban J connectivity index is 2.69. The van der Waals surface area contributed by atoms with Gasteiger partial charge in [-0.2, -0.15) is 23.3 Å². The number of pyridine rings is 1. The van der Waals surface area contributed by atoms with Crippen molar-refractivity contribution >= 4 is 21.4 Å². The topological polar surface area (TPSA) is 74.1 Å². The summed E-state index contributed by atoms with van der Waals surface area (Å²) >= 11 is 5.87. The van der Waals surface area contributed by atoms with Crippen molar-refractivity contribution in [1.82, 2.24) is 14.8 Å². The Labute approximate surface area is 134 Å². The molecule has 0 saturated carbocycles. The van der Waals surface area contributed by atoms with Crippen molar-refractivity contribution in [2.45, 2.75) is 18.0 Å². The second-order valence-electron chi connectivity index (χ2n) is 4.63. The monoisotopic (exact) mass is 369 g/mol. The van der Waals surface area contributed by atoms with E-state index in [-0.39, 0.29) is 21.4 Å². The van der Waals surface area contributed by atoms with E-state index in [0.29, 0.717) is 6.07 Å². The SMILES string of the molecule is COc1nc(-n2ncc(S(C)(=O)=O)c2C)c(Cl)cc1C(F)(F)F. The van der Waals surface area contributed by atoms with E-state index < -0.39 is 27.5 Å². The molecule has 0 aliphatic rings. The molecule has 2 aromatic rings. The quantitative estimate of drug-likeness (QED) is 0.831. The van der Waals surface area contributed by atoms with Crippen LogP contribution in [0.5, 0.6) is 5.88 Å². The van der Waals surface area contributed by atoms with Crippen LogP contribution in [0.4, 0.5) is 13.2 Å². The Morgan fingerprint density at radius 1 is 1.35 bits per heavy atom. The van der Waals surface area contributed by atoms with Gasteiger partial charge in [0.2, 0.25) is 5.88 Å². The highest BCUT2D eigenvalue weighted by molar-refractivity contribution is 7.90. The van der Waals surface area contributed by atoms with Crippen molar-refractivity contribution in [1.29, 1.82) is 0 Å². The molecule has 11 heteroatoms. The first-order valence-electron chi connectivity index (χ1n) is 6.03. The summed E-state index contributed by atoms with van der Waals surface area (Å²) in [4.78, 5) is 3.64. The minimum absolute atomic E-state index is 0.0748. The number of hydrogen-bond acceptors (Lipinski definition) is 5. The van der Waals surface area contributed by atoms with E-state index in [1.165, 1.54) is 6.92 Å². The van der Waals surface area contributed by atoms with Crippen LogP contribution in [0, 0.1) is 6.92 Å². The fourth-order valence-electron chi connectivity index (χ4n) is 1.94. The lowest BCUT2D eigenvalue weighted by atomic mass is 10.2. The Morgan fingerprint density at radius 2 is 1.96 bits per heavy atom. The maximum atomic E-state index is 12.9.